The molecule has 2 heterocycles. The van der Waals surface area contributed by atoms with Crippen LogP contribution < -0.4 is 5.32 Å². The summed E-state index contributed by atoms with van der Waals surface area (Å²) in [5.41, 5.74) is 2.53. The molecule has 0 bridgehead atoms. The number of thiophene rings is 2. The van der Waals surface area contributed by atoms with E-state index in [0.717, 1.165) is 21.7 Å². The van der Waals surface area contributed by atoms with E-state index in [0.29, 0.717) is 0 Å². The third kappa shape index (κ3) is 3.48. The van der Waals surface area contributed by atoms with Crippen LogP contribution in [0.5, 0.6) is 0 Å². The topological polar surface area (TPSA) is 12.0 Å². The summed E-state index contributed by atoms with van der Waals surface area (Å²) in [6.45, 7) is 3.04. The van der Waals surface area contributed by atoms with Crippen LogP contribution >= 0.6 is 86.4 Å². The van der Waals surface area contributed by atoms with Crippen LogP contribution in [0, 0.1) is 0 Å². The molecule has 0 aliphatic heterocycles. The zero-order chi connectivity index (χ0) is 13.3. The lowest BCUT2D eigenvalue weighted by Gasteiger charge is -2.17. The fraction of sp³-hybridized carbons (Fsp3) is 0.273. The summed E-state index contributed by atoms with van der Waals surface area (Å²) in [6, 6.07) is 4.53. The molecule has 1 N–H and O–H groups in total. The molecule has 0 aliphatic rings. The molecule has 0 atom stereocenters. The van der Waals surface area contributed by atoms with E-state index in [4.69, 9.17) is 0 Å². The molecule has 0 saturated carbocycles. The first-order valence-corrected chi connectivity index (χ1v) is 9.96. The lowest BCUT2D eigenvalue weighted by atomic mass is 10.0. The molecule has 0 unspecified atom stereocenters. The average molecular weight is 539 g/mol. The van der Waals surface area contributed by atoms with Gasteiger partial charge in [-0.2, -0.15) is 0 Å². The Balaban J connectivity index is 2.46. The van der Waals surface area contributed by atoms with Gasteiger partial charge in [-0.15, -0.1) is 22.7 Å². The van der Waals surface area contributed by atoms with Crippen molar-refractivity contribution in [2.45, 2.75) is 13.0 Å². The zero-order valence-electron chi connectivity index (χ0n) is 9.27. The molecular formula is C11H9Br4NS2. The highest BCUT2D eigenvalue weighted by molar-refractivity contribution is 9.12. The number of hydrogen-bond donors (Lipinski definition) is 1. The van der Waals surface area contributed by atoms with Gasteiger partial charge in [0.2, 0.25) is 0 Å². The molecule has 1 nitrogen and oxygen atoms in total. The van der Waals surface area contributed by atoms with Gasteiger partial charge in [0.25, 0.3) is 0 Å². The van der Waals surface area contributed by atoms with Gasteiger partial charge in [-0.05, 0) is 93.5 Å². The van der Waals surface area contributed by atoms with Crippen molar-refractivity contribution >= 4 is 86.4 Å². The smallest absolute Gasteiger partial charge is 0.0761 e. The van der Waals surface area contributed by atoms with Gasteiger partial charge in [-0.1, -0.05) is 6.92 Å². The SMILES string of the molecule is CCNC(c1cc(Br)sc1Br)c1cc(Br)sc1Br. The summed E-state index contributed by atoms with van der Waals surface area (Å²) < 4.78 is 4.60. The summed E-state index contributed by atoms with van der Waals surface area (Å²) in [6.07, 6.45) is 0. The lowest BCUT2D eigenvalue weighted by molar-refractivity contribution is 0.630. The minimum atomic E-state index is 0.198. The normalized spacial score (nSPS) is 11.4. The Morgan fingerprint density at radius 2 is 1.44 bits per heavy atom. The summed E-state index contributed by atoms with van der Waals surface area (Å²) in [5, 5.41) is 3.54. The molecule has 2 aromatic heterocycles. The van der Waals surface area contributed by atoms with Crippen molar-refractivity contribution in [3.8, 4) is 0 Å². The van der Waals surface area contributed by atoms with Crippen molar-refractivity contribution in [2.75, 3.05) is 6.54 Å². The molecule has 0 saturated heterocycles. The van der Waals surface area contributed by atoms with Crippen LogP contribution in [0.1, 0.15) is 24.1 Å². The first kappa shape index (κ1) is 15.7. The quantitative estimate of drug-likeness (QED) is 0.465. The lowest BCUT2D eigenvalue weighted by Crippen LogP contribution is -2.21. The van der Waals surface area contributed by atoms with Gasteiger partial charge in [0, 0.05) is 0 Å². The van der Waals surface area contributed by atoms with E-state index in [9.17, 15) is 0 Å². The second-order valence-electron chi connectivity index (χ2n) is 3.55. The second kappa shape index (κ2) is 6.83. The molecule has 0 fully saturated rings. The van der Waals surface area contributed by atoms with Crippen LogP contribution in [0.15, 0.2) is 27.3 Å². The predicted octanol–water partition coefficient (Wildman–Crippen LogP) is 6.56. The van der Waals surface area contributed by atoms with Crippen molar-refractivity contribution in [2.24, 2.45) is 0 Å². The van der Waals surface area contributed by atoms with Gasteiger partial charge in [0.1, 0.15) is 0 Å². The monoisotopic (exact) mass is 535 g/mol. The Hall–Kier alpha value is 1.28. The Morgan fingerprint density at radius 3 is 1.72 bits per heavy atom. The summed E-state index contributed by atoms with van der Waals surface area (Å²) in [4.78, 5) is 0. The highest BCUT2D eigenvalue weighted by Crippen LogP contribution is 2.42. The molecule has 18 heavy (non-hydrogen) atoms. The molecule has 7 heteroatoms. The number of halogens is 4. The molecule has 98 valence electrons. The Bertz CT molecular complexity index is 503. The van der Waals surface area contributed by atoms with Crippen molar-refractivity contribution in [3.63, 3.8) is 0 Å². The van der Waals surface area contributed by atoms with E-state index in [1.807, 2.05) is 0 Å². The third-order valence-corrected chi connectivity index (χ3v) is 7.17. The standard InChI is InChI=1S/C11H9Br4NS2/c1-2-16-9(5-3-7(12)17-10(5)14)6-4-8(13)18-11(6)15/h3-4,9,16H,2H2,1H3. The van der Waals surface area contributed by atoms with Crippen LogP contribution in [-0.2, 0) is 0 Å². The van der Waals surface area contributed by atoms with Gasteiger partial charge in [0.15, 0.2) is 0 Å². The Morgan fingerprint density at radius 1 is 1.00 bits per heavy atom. The first-order valence-electron chi connectivity index (χ1n) is 5.15. The van der Waals surface area contributed by atoms with Crippen LogP contribution in [0.25, 0.3) is 0 Å². The number of hydrogen-bond acceptors (Lipinski definition) is 3. The highest BCUT2D eigenvalue weighted by atomic mass is 79.9. The average Bonchev–Trinajstić information content (AvgIpc) is 2.78. The van der Waals surface area contributed by atoms with E-state index in [1.54, 1.807) is 22.7 Å². The Labute approximate surface area is 148 Å². The van der Waals surface area contributed by atoms with Gasteiger partial charge in [-0.25, -0.2) is 0 Å². The maximum atomic E-state index is 3.64. The molecule has 0 spiro atoms. The van der Waals surface area contributed by atoms with Crippen molar-refractivity contribution in [3.05, 3.63) is 38.4 Å². The van der Waals surface area contributed by atoms with Crippen LogP contribution in [0.3, 0.4) is 0 Å². The van der Waals surface area contributed by atoms with Gasteiger partial charge in [-0.3, -0.25) is 0 Å². The van der Waals surface area contributed by atoms with Gasteiger partial charge < -0.3 is 5.32 Å². The highest BCUT2D eigenvalue weighted by Gasteiger charge is 2.22. The van der Waals surface area contributed by atoms with Crippen molar-refractivity contribution in [1.29, 1.82) is 0 Å². The van der Waals surface area contributed by atoms with Crippen LogP contribution in [0.2, 0.25) is 0 Å². The van der Waals surface area contributed by atoms with Crippen LogP contribution in [0.4, 0.5) is 0 Å². The minimum Gasteiger partial charge on any atom is -0.306 e. The third-order valence-electron chi connectivity index (χ3n) is 2.40. The van der Waals surface area contributed by atoms with E-state index in [1.165, 1.54) is 11.1 Å². The van der Waals surface area contributed by atoms with Crippen LogP contribution in [-0.4, -0.2) is 6.54 Å². The van der Waals surface area contributed by atoms with Crippen molar-refractivity contribution < 1.29 is 0 Å². The summed E-state index contributed by atoms with van der Waals surface area (Å²) in [7, 11) is 0. The predicted molar refractivity (Wildman–Crippen MR) is 95.0 cm³/mol. The Kier molecular flexibility index (Phi) is 5.94. The van der Waals surface area contributed by atoms with Crippen molar-refractivity contribution in [1.82, 2.24) is 5.32 Å². The van der Waals surface area contributed by atoms with Gasteiger partial charge in [0.05, 0.1) is 21.2 Å². The van der Waals surface area contributed by atoms with E-state index >= 15 is 0 Å². The van der Waals surface area contributed by atoms with Gasteiger partial charge >= 0.3 is 0 Å². The molecule has 2 rings (SSSR count). The largest absolute Gasteiger partial charge is 0.306 e. The first-order chi connectivity index (χ1) is 8.52. The fourth-order valence-electron chi connectivity index (χ4n) is 1.69. The molecule has 0 aliphatic carbocycles. The van der Waals surface area contributed by atoms with E-state index in [2.05, 4.69) is 88.1 Å². The zero-order valence-corrected chi connectivity index (χ0v) is 17.2. The number of rotatable bonds is 4. The molecule has 0 aromatic carbocycles. The molecule has 0 radical (unpaired) electrons. The summed E-state index contributed by atoms with van der Waals surface area (Å²) in [5.74, 6) is 0. The van der Waals surface area contributed by atoms with E-state index < -0.39 is 0 Å². The molecule has 2 aromatic rings. The fourth-order valence-corrected chi connectivity index (χ4v) is 7.50. The van der Waals surface area contributed by atoms with E-state index in [-0.39, 0.29) is 6.04 Å². The summed E-state index contributed by atoms with van der Waals surface area (Å²) >= 11 is 17.8. The maximum Gasteiger partial charge on any atom is 0.0761 e. The minimum absolute atomic E-state index is 0.198. The number of nitrogens with one attached hydrogen (secondary N) is 1. The second-order valence-corrected chi connectivity index (χ2v) is 11.0. The maximum absolute atomic E-state index is 3.64. The molecular weight excluding hydrogens is 530 g/mol. The molecule has 0 amide bonds.